The zero-order valence-corrected chi connectivity index (χ0v) is 14.3. The Morgan fingerprint density at radius 2 is 2.00 bits per heavy atom. The Kier molecular flexibility index (Phi) is 4.77. The van der Waals surface area contributed by atoms with E-state index in [0.29, 0.717) is 12.0 Å². The number of anilines is 2. The molecule has 0 saturated heterocycles. The number of hydrogen-bond acceptors (Lipinski definition) is 5. The second kappa shape index (κ2) is 7.51. The van der Waals surface area contributed by atoms with Crippen LogP contribution < -0.4 is 10.6 Å². The quantitative estimate of drug-likeness (QED) is 0.639. The van der Waals surface area contributed by atoms with E-state index in [1.807, 2.05) is 6.07 Å². The molecule has 0 bridgehead atoms. The van der Waals surface area contributed by atoms with Crippen LogP contribution in [0.15, 0.2) is 36.7 Å². The Balaban J connectivity index is 1.34. The van der Waals surface area contributed by atoms with Gasteiger partial charge >= 0.3 is 0 Å². The Morgan fingerprint density at radius 1 is 1.12 bits per heavy atom. The fourth-order valence-electron chi connectivity index (χ4n) is 3.54. The highest BCUT2D eigenvalue weighted by atomic mass is 15.3. The van der Waals surface area contributed by atoms with E-state index in [1.54, 1.807) is 6.20 Å². The smallest absolute Gasteiger partial charge is 0.244 e. The summed E-state index contributed by atoms with van der Waals surface area (Å²) in [7, 11) is 0. The summed E-state index contributed by atoms with van der Waals surface area (Å²) in [5, 5.41) is 16.2. The molecule has 0 unspecified atom stereocenters. The van der Waals surface area contributed by atoms with Crippen molar-refractivity contribution in [3.8, 4) is 0 Å². The first-order valence-corrected chi connectivity index (χ1v) is 9.13. The van der Waals surface area contributed by atoms with Crippen LogP contribution in [0.1, 0.15) is 37.7 Å². The minimum absolute atomic E-state index is 0.483. The third-order valence-electron chi connectivity index (χ3n) is 4.87. The van der Waals surface area contributed by atoms with E-state index in [-0.39, 0.29) is 0 Å². The van der Waals surface area contributed by atoms with Crippen LogP contribution in [0.4, 0.5) is 11.8 Å². The van der Waals surface area contributed by atoms with E-state index < -0.39 is 0 Å². The first-order valence-electron chi connectivity index (χ1n) is 9.13. The van der Waals surface area contributed by atoms with Crippen molar-refractivity contribution < 1.29 is 0 Å². The number of H-pyrrole nitrogens is 1. The minimum Gasteiger partial charge on any atom is -0.368 e. The zero-order valence-electron chi connectivity index (χ0n) is 14.3. The fourth-order valence-corrected chi connectivity index (χ4v) is 3.54. The molecular weight excluding hydrogens is 312 g/mol. The molecule has 1 aromatic carbocycles. The standard InChI is InChI=1S/C19H24N6/c1-2-6-15(7-3-1)23-19-24-18(13-22-25-19)20-11-10-14-12-21-17-9-5-4-8-16(14)17/h4-5,8-9,12-13,15,21H,1-3,6-7,10-11H2,(H2,20,23,24,25). The summed E-state index contributed by atoms with van der Waals surface area (Å²) in [6, 6.07) is 8.86. The van der Waals surface area contributed by atoms with Crippen molar-refractivity contribution in [3.63, 3.8) is 0 Å². The number of rotatable bonds is 6. The molecular formula is C19H24N6. The lowest BCUT2D eigenvalue weighted by Crippen LogP contribution is -2.24. The summed E-state index contributed by atoms with van der Waals surface area (Å²) >= 11 is 0. The van der Waals surface area contributed by atoms with Gasteiger partial charge in [0.15, 0.2) is 5.82 Å². The third-order valence-corrected chi connectivity index (χ3v) is 4.87. The van der Waals surface area contributed by atoms with Gasteiger partial charge in [-0.25, -0.2) is 0 Å². The lowest BCUT2D eigenvalue weighted by molar-refractivity contribution is 0.460. The van der Waals surface area contributed by atoms with Crippen molar-refractivity contribution in [1.29, 1.82) is 0 Å². The number of nitrogens with zero attached hydrogens (tertiary/aromatic N) is 3. The molecule has 25 heavy (non-hydrogen) atoms. The number of fused-ring (bicyclic) bond motifs is 1. The van der Waals surface area contributed by atoms with E-state index in [0.717, 1.165) is 18.8 Å². The SMILES string of the molecule is c1ccc2c(CCNc3cnnc(NC4CCCCC4)n3)c[nH]c2c1. The second-order valence-electron chi connectivity index (χ2n) is 6.68. The molecule has 0 atom stereocenters. The van der Waals surface area contributed by atoms with Crippen molar-refractivity contribution in [2.24, 2.45) is 0 Å². The van der Waals surface area contributed by atoms with Gasteiger partial charge in [0.1, 0.15) is 0 Å². The molecule has 3 aromatic rings. The van der Waals surface area contributed by atoms with Crippen LogP contribution in [0, 0.1) is 0 Å². The molecule has 0 radical (unpaired) electrons. The largest absolute Gasteiger partial charge is 0.368 e. The van der Waals surface area contributed by atoms with Crippen LogP contribution in [0.5, 0.6) is 0 Å². The van der Waals surface area contributed by atoms with Crippen LogP contribution in [-0.4, -0.2) is 32.8 Å². The van der Waals surface area contributed by atoms with Crippen molar-refractivity contribution in [2.45, 2.75) is 44.6 Å². The molecule has 6 heteroatoms. The summed E-state index contributed by atoms with van der Waals surface area (Å²) in [6.45, 7) is 0.809. The molecule has 130 valence electrons. The average Bonchev–Trinajstić information content (AvgIpc) is 3.06. The van der Waals surface area contributed by atoms with Gasteiger partial charge in [-0.3, -0.25) is 0 Å². The van der Waals surface area contributed by atoms with E-state index in [9.17, 15) is 0 Å². The molecule has 3 N–H and O–H groups in total. The number of hydrogen-bond donors (Lipinski definition) is 3. The predicted octanol–water partition coefficient (Wildman–Crippen LogP) is 3.75. The molecule has 1 fully saturated rings. The van der Waals surface area contributed by atoms with Gasteiger partial charge < -0.3 is 15.6 Å². The van der Waals surface area contributed by atoms with Crippen molar-refractivity contribution >= 4 is 22.7 Å². The Bertz CT molecular complexity index is 821. The summed E-state index contributed by atoms with van der Waals surface area (Å²) < 4.78 is 0. The van der Waals surface area contributed by atoms with Crippen molar-refractivity contribution in [1.82, 2.24) is 20.2 Å². The molecule has 0 spiro atoms. The lowest BCUT2D eigenvalue weighted by atomic mass is 9.96. The third kappa shape index (κ3) is 3.90. The molecule has 6 nitrogen and oxygen atoms in total. The maximum Gasteiger partial charge on any atom is 0.244 e. The van der Waals surface area contributed by atoms with E-state index in [1.165, 1.54) is 48.6 Å². The van der Waals surface area contributed by atoms with Crippen molar-refractivity contribution in [2.75, 3.05) is 17.2 Å². The van der Waals surface area contributed by atoms with Gasteiger partial charge in [0.2, 0.25) is 5.95 Å². The Labute approximate surface area is 147 Å². The van der Waals surface area contributed by atoms with Crippen LogP contribution in [0.3, 0.4) is 0 Å². The molecule has 2 heterocycles. The number of aromatic amines is 1. The highest BCUT2D eigenvalue weighted by Gasteiger charge is 2.14. The summed E-state index contributed by atoms with van der Waals surface area (Å²) in [5.41, 5.74) is 2.49. The van der Waals surface area contributed by atoms with Crippen LogP contribution in [0.2, 0.25) is 0 Å². The van der Waals surface area contributed by atoms with Gasteiger partial charge in [-0.2, -0.15) is 10.1 Å². The van der Waals surface area contributed by atoms with E-state index in [2.05, 4.69) is 55.2 Å². The van der Waals surface area contributed by atoms with Gasteiger partial charge in [0.25, 0.3) is 0 Å². The topological polar surface area (TPSA) is 78.5 Å². The van der Waals surface area contributed by atoms with Gasteiger partial charge in [-0.1, -0.05) is 37.5 Å². The molecule has 2 aromatic heterocycles. The number of nitrogens with one attached hydrogen (secondary N) is 3. The van der Waals surface area contributed by atoms with Crippen LogP contribution in [0.25, 0.3) is 10.9 Å². The Morgan fingerprint density at radius 3 is 2.92 bits per heavy atom. The monoisotopic (exact) mass is 336 g/mol. The zero-order chi connectivity index (χ0) is 16.9. The van der Waals surface area contributed by atoms with Gasteiger partial charge in [-0.15, -0.1) is 5.10 Å². The summed E-state index contributed by atoms with van der Waals surface area (Å²) in [5.74, 6) is 1.40. The molecule has 0 aliphatic heterocycles. The summed E-state index contributed by atoms with van der Waals surface area (Å²) in [4.78, 5) is 7.86. The van der Waals surface area contributed by atoms with Gasteiger partial charge in [0.05, 0.1) is 6.20 Å². The molecule has 0 amide bonds. The van der Waals surface area contributed by atoms with Crippen LogP contribution >= 0.6 is 0 Å². The second-order valence-corrected chi connectivity index (χ2v) is 6.68. The normalized spacial score (nSPS) is 15.4. The average molecular weight is 336 g/mol. The summed E-state index contributed by atoms with van der Waals surface area (Å²) in [6.07, 6.45) is 11.0. The first kappa shape index (κ1) is 15.9. The van der Waals surface area contributed by atoms with Gasteiger partial charge in [-0.05, 0) is 30.9 Å². The van der Waals surface area contributed by atoms with Crippen molar-refractivity contribution in [3.05, 3.63) is 42.2 Å². The molecule has 1 aliphatic carbocycles. The predicted molar refractivity (Wildman–Crippen MR) is 101 cm³/mol. The highest BCUT2D eigenvalue weighted by molar-refractivity contribution is 5.83. The fraction of sp³-hybridized carbons (Fsp3) is 0.421. The van der Waals surface area contributed by atoms with Crippen LogP contribution in [-0.2, 0) is 6.42 Å². The maximum absolute atomic E-state index is 4.54. The van der Waals surface area contributed by atoms with E-state index in [4.69, 9.17) is 0 Å². The molecule has 1 aliphatic rings. The highest BCUT2D eigenvalue weighted by Crippen LogP contribution is 2.20. The number of aromatic nitrogens is 4. The number of para-hydroxylation sites is 1. The van der Waals surface area contributed by atoms with Gasteiger partial charge in [0, 0.05) is 29.7 Å². The number of benzene rings is 1. The Hall–Kier alpha value is -2.63. The van der Waals surface area contributed by atoms with E-state index >= 15 is 0 Å². The molecule has 1 saturated carbocycles. The molecule has 4 rings (SSSR count). The lowest BCUT2D eigenvalue weighted by Gasteiger charge is -2.22. The minimum atomic E-state index is 0.483. The first-order chi connectivity index (χ1) is 12.4. The maximum atomic E-state index is 4.54.